The molecule has 0 amide bonds. The largest absolute Gasteiger partial charge is 0.353 e. The minimum absolute atomic E-state index is 0.0388. The number of nitrogens with two attached hydrogens (primary N) is 1. The van der Waals surface area contributed by atoms with Crippen molar-refractivity contribution >= 4 is 22.5 Å². The van der Waals surface area contributed by atoms with Gasteiger partial charge in [-0.25, -0.2) is 0 Å². The monoisotopic (exact) mass is 339 g/mol. The molecule has 2 aromatic carbocycles. The number of benzene rings is 2. The van der Waals surface area contributed by atoms with Gasteiger partial charge in [-0.1, -0.05) is 29.8 Å². The highest BCUT2D eigenvalue weighted by atomic mass is 35.5. The molecule has 0 aliphatic heterocycles. The standard InChI is InChI=1S/C17H15ClN6/c1-19-16(15-10-11-4-2-3-5-14(11)20-15)17-21-22-23-24(17)13-8-6-12(18)7-9-13/h2-10,16,19-20H,1H3/p+1/t16-/m0/s1. The van der Waals surface area contributed by atoms with Crippen molar-refractivity contribution in [3.8, 4) is 5.69 Å². The number of aromatic nitrogens is 5. The Kier molecular flexibility index (Phi) is 3.76. The summed E-state index contributed by atoms with van der Waals surface area (Å²) in [6.45, 7) is 0. The summed E-state index contributed by atoms with van der Waals surface area (Å²) in [5.74, 6) is 0.756. The number of aromatic amines is 1. The fourth-order valence-corrected chi connectivity index (χ4v) is 3.01. The second kappa shape index (κ2) is 6.07. The maximum Gasteiger partial charge on any atom is 0.220 e. The number of rotatable bonds is 4. The number of halogens is 1. The lowest BCUT2D eigenvalue weighted by molar-refractivity contribution is -0.662. The molecule has 120 valence electrons. The third kappa shape index (κ3) is 2.55. The summed E-state index contributed by atoms with van der Waals surface area (Å²) in [4.78, 5) is 3.46. The first-order chi connectivity index (χ1) is 11.8. The third-order valence-corrected chi connectivity index (χ3v) is 4.31. The second-order valence-electron chi connectivity index (χ2n) is 5.55. The highest BCUT2D eigenvalue weighted by Crippen LogP contribution is 2.23. The van der Waals surface area contributed by atoms with Crippen LogP contribution in [0.4, 0.5) is 0 Å². The zero-order chi connectivity index (χ0) is 16.5. The molecular formula is C17H16ClN6+. The lowest BCUT2D eigenvalue weighted by Gasteiger charge is -2.11. The van der Waals surface area contributed by atoms with Gasteiger partial charge in [-0.05, 0) is 52.2 Å². The van der Waals surface area contributed by atoms with E-state index < -0.39 is 0 Å². The Morgan fingerprint density at radius 2 is 1.92 bits per heavy atom. The van der Waals surface area contributed by atoms with Crippen LogP contribution in [-0.4, -0.2) is 32.2 Å². The number of para-hydroxylation sites is 1. The van der Waals surface area contributed by atoms with E-state index >= 15 is 0 Å². The molecule has 0 bridgehead atoms. The fourth-order valence-electron chi connectivity index (χ4n) is 2.89. The SMILES string of the molecule is C[NH2+][C@@H](c1cc2ccccc2[nH]1)c1nnnn1-c1ccc(Cl)cc1. The molecule has 2 heterocycles. The normalized spacial score (nSPS) is 12.6. The first-order valence-electron chi connectivity index (χ1n) is 7.67. The number of fused-ring (bicyclic) bond motifs is 1. The molecule has 0 saturated heterocycles. The Labute approximate surface area is 143 Å². The van der Waals surface area contributed by atoms with Crippen molar-refractivity contribution in [1.82, 2.24) is 25.2 Å². The lowest BCUT2D eigenvalue weighted by Crippen LogP contribution is -2.81. The molecule has 0 radical (unpaired) electrons. The van der Waals surface area contributed by atoms with Gasteiger partial charge in [0, 0.05) is 10.5 Å². The number of tetrazole rings is 1. The number of nitrogens with one attached hydrogen (secondary N) is 1. The van der Waals surface area contributed by atoms with Gasteiger partial charge in [0.05, 0.1) is 18.4 Å². The van der Waals surface area contributed by atoms with Gasteiger partial charge in [-0.15, -0.1) is 5.10 Å². The molecule has 4 aromatic rings. The summed E-state index contributed by atoms with van der Waals surface area (Å²) in [6.07, 6.45) is 0. The highest BCUT2D eigenvalue weighted by molar-refractivity contribution is 6.30. The molecule has 0 aliphatic carbocycles. The zero-order valence-electron chi connectivity index (χ0n) is 13.0. The van der Waals surface area contributed by atoms with Crippen molar-refractivity contribution < 1.29 is 5.32 Å². The van der Waals surface area contributed by atoms with Gasteiger partial charge in [0.1, 0.15) is 0 Å². The summed E-state index contributed by atoms with van der Waals surface area (Å²) in [7, 11) is 2.01. The van der Waals surface area contributed by atoms with Gasteiger partial charge >= 0.3 is 0 Å². The summed E-state index contributed by atoms with van der Waals surface area (Å²) in [5.41, 5.74) is 3.04. The number of hydrogen-bond donors (Lipinski definition) is 2. The van der Waals surface area contributed by atoms with Crippen LogP contribution in [0.15, 0.2) is 54.6 Å². The summed E-state index contributed by atoms with van der Waals surface area (Å²) in [6, 6.07) is 17.8. The maximum atomic E-state index is 5.97. The van der Waals surface area contributed by atoms with Crippen molar-refractivity contribution in [1.29, 1.82) is 0 Å². The summed E-state index contributed by atoms with van der Waals surface area (Å²) >= 11 is 5.97. The molecule has 4 rings (SSSR count). The van der Waals surface area contributed by atoms with Crippen LogP contribution in [0.25, 0.3) is 16.6 Å². The van der Waals surface area contributed by atoms with Crippen molar-refractivity contribution in [3.05, 3.63) is 71.1 Å². The van der Waals surface area contributed by atoms with Gasteiger partial charge in [-0.2, -0.15) is 4.68 Å². The van der Waals surface area contributed by atoms with E-state index in [2.05, 4.69) is 44.0 Å². The molecule has 7 heteroatoms. The van der Waals surface area contributed by atoms with Crippen LogP contribution >= 0.6 is 11.6 Å². The summed E-state index contributed by atoms with van der Waals surface area (Å²) < 4.78 is 1.74. The minimum Gasteiger partial charge on any atom is -0.353 e. The second-order valence-corrected chi connectivity index (χ2v) is 5.98. The van der Waals surface area contributed by atoms with E-state index in [4.69, 9.17) is 11.6 Å². The molecule has 3 N–H and O–H groups in total. The Bertz CT molecular complexity index is 939. The molecule has 1 atom stereocenters. The van der Waals surface area contributed by atoms with E-state index in [0.717, 1.165) is 22.7 Å². The average Bonchev–Trinajstić information content (AvgIpc) is 3.23. The molecule has 2 aromatic heterocycles. The number of hydrogen-bond acceptors (Lipinski definition) is 3. The van der Waals surface area contributed by atoms with E-state index in [-0.39, 0.29) is 6.04 Å². The molecular weight excluding hydrogens is 324 g/mol. The topological polar surface area (TPSA) is 76.0 Å². The number of quaternary nitrogens is 1. The van der Waals surface area contributed by atoms with Crippen LogP contribution < -0.4 is 5.32 Å². The predicted octanol–water partition coefficient (Wildman–Crippen LogP) is 2.08. The van der Waals surface area contributed by atoms with E-state index in [0.29, 0.717) is 5.02 Å². The molecule has 0 saturated carbocycles. The predicted molar refractivity (Wildman–Crippen MR) is 92.2 cm³/mol. The van der Waals surface area contributed by atoms with Gasteiger partial charge < -0.3 is 10.3 Å². The third-order valence-electron chi connectivity index (χ3n) is 4.06. The first kappa shape index (κ1) is 14.9. The molecule has 0 unspecified atom stereocenters. The van der Waals surface area contributed by atoms with Crippen molar-refractivity contribution in [2.75, 3.05) is 7.05 Å². The summed E-state index contributed by atoms with van der Waals surface area (Å²) in [5, 5.41) is 16.2. The Morgan fingerprint density at radius 3 is 2.67 bits per heavy atom. The maximum absolute atomic E-state index is 5.97. The van der Waals surface area contributed by atoms with Gasteiger partial charge in [0.2, 0.25) is 5.82 Å². The highest BCUT2D eigenvalue weighted by Gasteiger charge is 2.25. The van der Waals surface area contributed by atoms with E-state index in [9.17, 15) is 0 Å². The fraction of sp³-hybridized carbons (Fsp3) is 0.118. The Balaban J connectivity index is 1.79. The zero-order valence-corrected chi connectivity index (χ0v) is 13.8. The van der Waals surface area contributed by atoms with Gasteiger partial charge in [0.25, 0.3) is 0 Å². The van der Waals surface area contributed by atoms with Crippen molar-refractivity contribution in [2.45, 2.75) is 6.04 Å². The van der Waals surface area contributed by atoms with E-state index in [1.54, 1.807) is 4.68 Å². The van der Waals surface area contributed by atoms with Crippen LogP contribution in [0, 0.1) is 0 Å². The van der Waals surface area contributed by atoms with Gasteiger partial charge in [-0.3, -0.25) is 0 Å². The molecule has 0 spiro atoms. The van der Waals surface area contributed by atoms with E-state index in [1.807, 2.05) is 43.4 Å². The molecule has 0 fully saturated rings. The van der Waals surface area contributed by atoms with Crippen LogP contribution in [0.3, 0.4) is 0 Å². The average molecular weight is 340 g/mol. The quantitative estimate of drug-likeness (QED) is 0.597. The van der Waals surface area contributed by atoms with Crippen molar-refractivity contribution in [3.63, 3.8) is 0 Å². The van der Waals surface area contributed by atoms with Crippen LogP contribution in [0.2, 0.25) is 5.02 Å². The molecule has 0 aliphatic rings. The van der Waals surface area contributed by atoms with Crippen LogP contribution in [0.5, 0.6) is 0 Å². The van der Waals surface area contributed by atoms with Crippen LogP contribution in [-0.2, 0) is 0 Å². The van der Waals surface area contributed by atoms with Crippen molar-refractivity contribution in [2.24, 2.45) is 0 Å². The number of H-pyrrole nitrogens is 1. The Hall–Kier alpha value is -2.70. The smallest absolute Gasteiger partial charge is 0.220 e. The first-order valence-corrected chi connectivity index (χ1v) is 8.05. The van der Waals surface area contributed by atoms with E-state index in [1.165, 1.54) is 5.39 Å². The Morgan fingerprint density at radius 1 is 1.12 bits per heavy atom. The van der Waals surface area contributed by atoms with Gasteiger partial charge in [0.15, 0.2) is 6.04 Å². The molecule has 24 heavy (non-hydrogen) atoms. The lowest BCUT2D eigenvalue weighted by atomic mass is 10.1. The van der Waals surface area contributed by atoms with Crippen LogP contribution in [0.1, 0.15) is 17.6 Å². The number of nitrogens with zero attached hydrogens (tertiary/aromatic N) is 4. The molecule has 6 nitrogen and oxygen atoms in total. The minimum atomic E-state index is -0.0388.